The van der Waals surface area contributed by atoms with Crippen molar-refractivity contribution < 1.29 is 4.39 Å². The topological polar surface area (TPSA) is 31.4 Å². The second kappa shape index (κ2) is 8.30. The number of benzene rings is 1. The van der Waals surface area contributed by atoms with Gasteiger partial charge in [-0.3, -0.25) is 4.98 Å². The Balaban J connectivity index is 1.53. The van der Waals surface area contributed by atoms with Gasteiger partial charge in [-0.2, -0.15) is 0 Å². The fraction of sp³-hybridized carbons (Fsp3) is 0.316. The lowest BCUT2D eigenvalue weighted by atomic mass is 10.2. The summed E-state index contributed by atoms with van der Waals surface area (Å²) in [5, 5.41) is 4.83. The Hall–Kier alpha value is -2.13. The van der Waals surface area contributed by atoms with Gasteiger partial charge in [0.2, 0.25) is 0 Å². The summed E-state index contributed by atoms with van der Waals surface area (Å²) in [6, 6.07) is 10.2. The molecular weight excluding hydrogens is 334 g/mol. The third kappa shape index (κ3) is 4.29. The van der Waals surface area contributed by atoms with E-state index >= 15 is 0 Å². The standard InChI is InChI=1S/C19H24FN4P/c1-15(22-13-16-5-3-4-6-19(16)25-2)23-9-11-24(12-10-23)18-7-8-21-14-17(18)20/h3-8,14,22,25H,1,9-13H2,2H3. The second-order valence-corrected chi connectivity index (χ2v) is 7.05. The van der Waals surface area contributed by atoms with Crippen LogP contribution >= 0.6 is 8.58 Å². The average molecular weight is 358 g/mol. The van der Waals surface area contributed by atoms with Crippen molar-refractivity contribution in [1.82, 2.24) is 15.2 Å². The summed E-state index contributed by atoms with van der Waals surface area (Å²) in [6.45, 7) is 10.4. The Morgan fingerprint density at radius 2 is 2.00 bits per heavy atom. The van der Waals surface area contributed by atoms with Crippen LogP contribution in [0.5, 0.6) is 0 Å². The van der Waals surface area contributed by atoms with Gasteiger partial charge in [-0.1, -0.05) is 39.4 Å². The van der Waals surface area contributed by atoms with Gasteiger partial charge in [-0.05, 0) is 23.6 Å². The maximum absolute atomic E-state index is 13.9. The van der Waals surface area contributed by atoms with Crippen LogP contribution in [-0.4, -0.2) is 42.7 Å². The Morgan fingerprint density at radius 3 is 2.72 bits per heavy atom. The molecule has 0 amide bonds. The SMILES string of the molecule is C=C(NCc1ccccc1PC)N1CCN(c2ccncc2F)CC1. The Bertz CT molecular complexity index is 729. The lowest BCUT2D eigenvalue weighted by Crippen LogP contribution is -2.48. The summed E-state index contributed by atoms with van der Waals surface area (Å²) in [5.41, 5.74) is 1.95. The molecule has 3 rings (SSSR count). The first-order chi connectivity index (χ1) is 12.2. The van der Waals surface area contributed by atoms with E-state index < -0.39 is 0 Å². The molecular formula is C19H24FN4P. The smallest absolute Gasteiger partial charge is 0.164 e. The monoisotopic (exact) mass is 358 g/mol. The highest BCUT2D eigenvalue weighted by atomic mass is 31.1. The lowest BCUT2D eigenvalue weighted by molar-refractivity contribution is 0.299. The maximum Gasteiger partial charge on any atom is 0.164 e. The molecule has 25 heavy (non-hydrogen) atoms. The summed E-state index contributed by atoms with van der Waals surface area (Å²) in [5.74, 6) is 0.675. The lowest BCUT2D eigenvalue weighted by Gasteiger charge is -2.38. The largest absolute Gasteiger partial charge is 0.368 e. The van der Waals surface area contributed by atoms with Crippen molar-refractivity contribution in [2.24, 2.45) is 0 Å². The zero-order valence-electron chi connectivity index (χ0n) is 14.5. The van der Waals surface area contributed by atoms with Crippen LogP contribution in [0.25, 0.3) is 0 Å². The van der Waals surface area contributed by atoms with Crippen molar-refractivity contribution in [3.63, 3.8) is 0 Å². The van der Waals surface area contributed by atoms with Crippen LogP contribution < -0.4 is 15.5 Å². The molecule has 1 aromatic heterocycles. The summed E-state index contributed by atoms with van der Waals surface area (Å²) < 4.78 is 13.9. The molecule has 2 aromatic rings. The van der Waals surface area contributed by atoms with Gasteiger partial charge in [0, 0.05) is 38.9 Å². The minimum absolute atomic E-state index is 0.259. The predicted octanol–water partition coefficient (Wildman–Crippen LogP) is 2.54. The highest BCUT2D eigenvalue weighted by Gasteiger charge is 2.20. The molecule has 1 saturated heterocycles. The molecule has 132 valence electrons. The molecule has 6 heteroatoms. The number of nitrogens with zero attached hydrogens (tertiary/aromatic N) is 3. The Kier molecular flexibility index (Phi) is 5.87. The fourth-order valence-corrected chi connectivity index (χ4v) is 3.82. The van der Waals surface area contributed by atoms with Crippen LogP contribution in [0.2, 0.25) is 0 Å². The summed E-state index contributed by atoms with van der Waals surface area (Å²) in [4.78, 5) is 8.11. The molecule has 0 spiro atoms. The van der Waals surface area contributed by atoms with Gasteiger partial charge in [-0.25, -0.2) is 4.39 Å². The maximum atomic E-state index is 13.9. The molecule has 1 aromatic carbocycles. The summed E-state index contributed by atoms with van der Waals surface area (Å²) in [6.07, 6.45) is 2.91. The molecule has 0 saturated carbocycles. The fourth-order valence-electron chi connectivity index (χ4n) is 3.07. The van der Waals surface area contributed by atoms with Crippen molar-refractivity contribution in [1.29, 1.82) is 0 Å². The number of hydrogen-bond acceptors (Lipinski definition) is 4. The van der Waals surface area contributed by atoms with E-state index in [1.807, 2.05) is 0 Å². The van der Waals surface area contributed by atoms with Gasteiger partial charge in [0.15, 0.2) is 5.82 Å². The average Bonchev–Trinajstić information content (AvgIpc) is 2.67. The van der Waals surface area contributed by atoms with E-state index in [0.29, 0.717) is 5.69 Å². The van der Waals surface area contributed by atoms with E-state index in [4.69, 9.17) is 0 Å². The number of pyridine rings is 1. The molecule has 0 radical (unpaired) electrons. The highest BCUT2D eigenvalue weighted by molar-refractivity contribution is 7.46. The first kappa shape index (κ1) is 17.7. The number of anilines is 1. The summed E-state index contributed by atoms with van der Waals surface area (Å²) >= 11 is 0. The summed E-state index contributed by atoms with van der Waals surface area (Å²) in [7, 11) is 0.787. The molecule has 0 bridgehead atoms. The Morgan fingerprint density at radius 1 is 1.24 bits per heavy atom. The number of hydrogen-bond donors (Lipinski definition) is 1. The zero-order valence-corrected chi connectivity index (χ0v) is 15.5. The van der Waals surface area contributed by atoms with E-state index in [1.54, 1.807) is 12.3 Å². The normalized spacial score (nSPS) is 15.0. The van der Waals surface area contributed by atoms with Crippen LogP contribution in [0, 0.1) is 5.82 Å². The van der Waals surface area contributed by atoms with Crippen molar-refractivity contribution >= 4 is 19.6 Å². The molecule has 0 aliphatic carbocycles. The van der Waals surface area contributed by atoms with Gasteiger partial charge < -0.3 is 15.1 Å². The number of aromatic nitrogens is 1. The van der Waals surface area contributed by atoms with E-state index in [0.717, 1.165) is 47.1 Å². The van der Waals surface area contributed by atoms with Gasteiger partial charge >= 0.3 is 0 Å². The first-order valence-corrected chi connectivity index (χ1v) is 9.97. The minimum Gasteiger partial charge on any atom is -0.368 e. The van der Waals surface area contributed by atoms with Crippen LogP contribution in [0.1, 0.15) is 5.56 Å². The van der Waals surface area contributed by atoms with E-state index in [2.05, 4.69) is 57.6 Å². The van der Waals surface area contributed by atoms with Gasteiger partial charge in [0.05, 0.1) is 17.7 Å². The molecule has 1 fully saturated rings. The number of piperazine rings is 1. The molecule has 1 atom stereocenters. The van der Waals surface area contributed by atoms with E-state index in [-0.39, 0.29) is 5.82 Å². The van der Waals surface area contributed by atoms with Gasteiger partial charge in [0.25, 0.3) is 0 Å². The van der Waals surface area contributed by atoms with Crippen LogP contribution in [0.15, 0.2) is 55.1 Å². The Labute approximate surface area is 150 Å². The molecule has 1 unspecified atom stereocenters. The second-order valence-electron chi connectivity index (χ2n) is 6.01. The van der Waals surface area contributed by atoms with Crippen molar-refractivity contribution in [3.8, 4) is 0 Å². The van der Waals surface area contributed by atoms with Crippen LogP contribution in [-0.2, 0) is 6.54 Å². The molecule has 2 heterocycles. The van der Waals surface area contributed by atoms with Crippen LogP contribution in [0.4, 0.5) is 10.1 Å². The van der Waals surface area contributed by atoms with Crippen molar-refractivity contribution in [3.05, 3.63) is 66.5 Å². The third-order valence-corrected chi connectivity index (χ3v) is 5.55. The van der Waals surface area contributed by atoms with Gasteiger partial charge in [0.1, 0.15) is 0 Å². The number of rotatable bonds is 6. The number of nitrogens with one attached hydrogen (secondary N) is 1. The number of halogens is 1. The van der Waals surface area contributed by atoms with Gasteiger partial charge in [-0.15, -0.1) is 0 Å². The molecule has 1 N–H and O–H groups in total. The van der Waals surface area contributed by atoms with Crippen molar-refractivity contribution in [2.45, 2.75) is 6.54 Å². The third-order valence-electron chi connectivity index (χ3n) is 4.52. The predicted molar refractivity (Wildman–Crippen MR) is 104 cm³/mol. The molecule has 1 aliphatic heterocycles. The molecule has 1 aliphatic rings. The zero-order chi connectivity index (χ0) is 17.6. The molecule has 4 nitrogen and oxygen atoms in total. The van der Waals surface area contributed by atoms with Crippen LogP contribution in [0.3, 0.4) is 0 Å². The minimum atomic E-state index is -0.259. The van der Waals surface area contributed by atoms with E-state index in [1.165, 1.54) is 17.1 Å². The highest BCUT2D eigenvalue weighted by Crippen LogP contribution is 2.20. The quantitative estimate of drug-likeness (QED) is 0.805. The first-order valence-electron chi connectivity index (χ1n) is 8.47. The van der Waals surface area contributed by atoms with Crippen molar-refractivity contribution in [2.75, 3.05) is 37.7 Å². The van der Waals surface area contributed by atoms with E-state index in [9.17, 15) is 4.39 Å².